The number of nitrogens with one attached hydrogen (secondary N) is 1. The lowest BCUT2D eigenvalue weighted by atomic mass is 10.1. The van der Waals surface area contributed by atoms with Crippen LogP contribution in [0.3, 0.4) is 0 Å². The number of H-pyrrole nitrogens is 1. The Morgan fingerprint density at radius 3 is 2.62 bits per heavy atom. The van der Waals surface area contributed by atoms with Crippen LogP contribution < -0.4 is 5.73 Å². The van der Waals surface area contributed by atoms with E-state index in [9.17, 15) is 13.2 Å². The summed E-state index contributed by atoms with van der Waals surface area (Å²) in [5.41, 5.74) is 5.62. The highest BCUT2D eigenvalue weighted by Gasteiger charge is 2.31. The molecule has 0 unspecified atom stereocenters. The summed E-state index contributed by atoms with van der Waals surface area (Å²) < 4.78 is 40.3. The highest BCUT2D eigenvalue weighted by molar-refractivity contribution is 7.71. The first-order valence-electron chi connectivity index (χ1n) is 6.44. The number of nitrogens with two attached hydrogens (primary N) is 1. The van der Waals surface area contributed by atoms with Crippen LogP contribution in [0.25, 0.3) is 11.2 Å². The number of aromatic nitrogens is 4. The Kier molecular flexibility index (Phi) is 4.18. The van der Waals surface area contributed by atoms with E-state index in [4.69, 9.17) is 41.2 Å². The number of hydrogen-bond donors (Lipinski definition) is 2. The predicted octanol–water partition coefficient (Wildman–Crippen LogP) is 4.44. The Morgan fingerprint density at radius 1 is 1.25 bits per heavy atom. The molecule has 2 aromatic heterocycles. The van der Waals surface area contributed by atoms with E-state index >= 15 is 0 Å². The van der Waals surface area contributed by atoms with Gasteiger partial charge < -0.3 is 10.7 Å². The molecule has 0 fully saturated rings. The average Bonchev–Trinajstić information content (AvgIpc) is 2.77. The van der Waals surface area contributed by atoms with Gasteiger partial charge in [0.2, 0.25) is 5.95 Å². The number of hydrogen-bond acceptors (Lipinski definition) is 4. The quantitative estimate of drug-likeness (QED) is 0.498. The van der Waals surface area contributed by atoms with E-state index in [-0.39, 0.29) is 38.7 Å². The molecule has 0 aliphatic carbocycles. The molecule has 0 amide bonds. The van der Waals surface area contributed by atoms with Crippen molar-refractivity contribution in [3.05, 3.63) is 44.3 Å². The van der Waals surface area contributed by atoms with Crippen molar-refractivity contribution < 1.29 is 13.2 Å². The first-order valence-corrected chi connectivity index (χ1v) is 7.60. The Labute approximate surface area is 148 Å². The molecular formula is C13H8Cl2F3N5S. The monoisotopic (exact) mass is 393 g/mol. The molecule has 2 heterocycles. The van der Waals surface area contributed by atoms with E-state index in [2.05, 4.69) is 15.0 Å². The average molecular weight is 394 g/mol. The molecule has 0 spiro atoms. The van der Waals surface area contributed by atoms with Crippen molar-refractivity contribution in [2.75, 3.05) is 5.73 Å². The van der Waals surface area contributed by atoms with Crippen LogP contribution in [0.4, 0.5) is 19.1 Å². The topological polar surface area (TPSA) is 72.5 Å². The summed E-state index contributed by atoms with van der Waals surface area (Å²) in [6.07, 6.45) is -4.48. The number of benzene rings is 1. The van der Waals surface area contributed by atoms with Gasteiger partial charge in [0.1, 0.15) is 5.52 Å². The van der Waals surface area contributed by atoms with Gasteiger partial charge in [-0.15, -0.1) is 0 Å². The predicted molar refractivity (Wildman–Crippen MR) is 87.7 cm³/mol. The highest BCUT2D eigenvalue weighted by Crippen LogP contribution is 2.32. The van der Waals surface area contributed by atoms with Gasteiger partial charge in [0.05, 0.1) is 12.1 Å². The minimum absolute atomic E-state index is 0.0334. The third kappa shape index (κ3) is 3.06. The largest absolute Gasteiger partial charge is 0.416 e. The SMILES string of the molecule is Nc1nc(Cl)c2[nH]c(=S)n(Cc3cc(C(F)(F)F)ccc3Cl)c2n1. The summed E-state index contributed by atoms with van der Waals surface area (Å²) >= 11 is 17.2. The van der Waals surface area contributed by atoms with Crippen molar-refractivity contribution in [3.63, 3.8) is 0 Å². The molecule has 1 aromatic carbocycles. The van der Waals surface area contributed by atoms with Gasteiger partial charge in [-0.2, -0.15) is 23.1 Å². The van der Waals surface area contributed by atoms with Gasteiger partial charge in [-0.1, -0.05) is 23.2 Å². The lowest BCUT2D eigenvalue weighted by Crippen LogP contribution is -2.08. The van der Waals surface area contributed by atoms with E-state index in [1.165, 1.54) is 10.6 Å². The maximum Gasteiger partial charge on any atom is 0.416 e. The number of nitrogens with zero attached hydrogens (tertiary/aromatic N) is 3. The number of aromatic amines is 1. The summed E-state index contributed by atoms with van der Waals surface area (Å²) in [6.45, 7) is -0.0334. The molecule has 0 bridgehead atoms. The second-order valence-corrected chi connectivity index (χ2v) is 6.04. The normalized spacial score (nSPS) is 12.0. The molecule has 24 heavy (non-hydrogen) atoms. The lowest BCUT2D eigenvalue weighted by molar-refractivity contribution is -0.137. The van der Waals surface area contributed by atoms with Crippen LogP contribution in [-0.4, -0.2) is 19.5 Å². The van der Waals surface area contributed by atoms with Gasteiger partial charge in [-0.3, -0.25) is 4.57 Å². The Bertz CT molecular complexity index is 996. The summed E-state index contributed by atoms with van der Waals surface area (Å²) in [7, 11) is 0. The number of halogens is 5. The maximum atomic E-state index is 12.9. The second kappa shape index (κ2) is 5.91. The molecule has 0 atom stereocenters. The Hall–Kier alpha value is -1.84. The number of alkyl halides is 3. The van der Waals surface area contributed by atoms with Crippen LogP contribution in [0.2, 0.25) is 10.2 Å². The summed E-state index contributed by atoms with van der Waals surface area (Å²) in [4.78, 5) is 10.6. The van der Waals surface area contributed by atoms with Crippen molar-refractivity contribution in [3.8, 4) is 0 Å². The fraction of sp³-hybridized carbons (Fsp3) is 0.154. The zero-order valence-corrected chi connectivity index (χ0v) is 14.0. The van der Waals surface area contributed by atoms with E-state index in [1.54, 1.807) is 0 Å². The maximum absolute atomic E-state index is 12.9. The molecule has 0 aliphatic heterocycles. The molecule has 5 nitrogen and oxygen atoms in total. The molecule has 0 aliphatic rings. The minimum Gasteiger partial charge on any atom is -0.368 e. The molecule has 126 valence electrons. The summed E-state index contributed by atoms with van der Waals surface area (Å²) in [5, 5.41) is 0.241. The van der Waals surface area contributed by atoms with Gasteiger partial charge in [-0.25, -0.2) is 0 Å². The lowest BCUT2D eigenvalue weighted by Gasteiger charge is -2.11. The number of nitrogen functional groups attached to an aromatic ring is 1. The van der Waals surface area contributed by atoms with Crippen LogP contribution in [-0.2, 0) is 12.7 Å². The summed E-state index contributed by atoms with van der Waals surface area (Å²) in [5.74, 6) is -0.0783. The van der Waals surface area contributed by atoms with Crippen molar-refractivity contribution in [2.24, 2.45) is 0 Å². The van der Waals surface area contributed by atoms with Gasteiger partial charge in [0.25, 0.3) is 0 Å². The fourth-order valence-corrected chi connectivity index (χ4v) is 2.85. The van der Waals surface area contributed by atoms with Crippen molar-refractivity contribution in [2.45, 2.75) is 12.7 Å². The Balaban J connectivity index is 2.14. The fourth-order valence-electron chi connectivity index (χ4n) is 2.20. The van der Waals surface area contributed by atoms with E-state index in [0.717, 1.165) is 12.1 Å². The van der Waals surface area contributed by atoms with Crippen LogP contribution >= 0.6 is 35.4 Å². The first-order chi connectivity index (χ1) is 11.2. The molecule has 11 heteroatoms. The van der Waals surface area contributed by atoms with Gasteiger partial charge in [0, 0.05) is 5.02 Å². The van der Waals surface area contributed by atoms with Crippen molar-refractivity contribution in [1.29, 1.82) is 0 Å². The first kappa shape index (κ1) is 17.0. The third-order valence-electron chi connectivity index (χ3n) is 3.30. The van der Waals surface area contributed by atoms with Gasteiger partial charge >= 0.3 is 6.18 Å². The van der Waals surface area contributed by atoms with Crippen LogP contribution in [0.15, 0.2) is 18.2 Å². The molecular weight excluding hydrogens is 386 g/mol. The van der Waals surface area contributed by atoms with Crippen LogP contribution in [0.1, 0.15) is 11.1 Å². The summed E-state index contributed by atoms with van der Waals surface area (Å²) in [6, 6.07) is 3.07. The van der Waals surface area contributed by atoms with E-state index in [1.807, 2.05) is 0 Å². The number of rotatable bonds is 2. The number of anilines is 1. The number of imidazole rings is 1. The van der Waals surface area contributed by atoms with Crippen LogP contribution in [0, 0.1) is 4.77 Å². The van der Waals surface area contributed by atoms with Crippen molar-refractivity contribution >= 4 is 52.5 Å². The smallest absolute Gasteiger partial charge is 0.368 e. The third-order valence-corrected chi connectivity index (χ3v) is 4.26. The molecule has 3 N–H and O–H groups in total. The van der Waals surface area contributed by atoms with E-state index < -0.39 is 11.7 Å². The molecule has 3 aromatic rings. The highest BCUT2D eigenvalue weighted by atomic mass is 35.5. The minimum atomic E-state index is -4.48. The van der Waals surface area contributed by atoms with E-state index in [0.29, 0.717) is 5.52 Å². The molecule has 3 rings (SSSR count). The second-order valence-electron chi connectivity index (χ2n) is 4.89. The standard InChI is InChI=1S/C13H8Cl2F3N5S/c14-7-2-1-6(13(16,17)18)3-5(7)4-23-10-8(20-12(23)24)9(15)21-11(19)22-10/h1-3H,4H2,(H,20,24)(H2,19,21,22). The van der Waals surface area contributed by atoms with Gasteiger partial charge in [-0.05, 0) is 36.0 Å². The number of fused-ring (bicyclic) bond motifs is 1. The zero-order chi connectivity index (χ0) is 17.6. The zero-order valence-electron chi connectivity index (χ0n) is 11.7. The molecule has 0 saturated carbocycles. The van der Waals surface area contributed by atoms with Crippen LogP contribution in [0.5, 0.6) is 0 Å². The van der Waals surface area contributed by atoms with Crippen molar-refractivity contribution in [1.82, 2.24) is 19.5 Å². The molecule has 0 saturated heterocycles. The Morgan fingerprint density at radius 2 is 1.96 bits per heavy atom. The van der Waals surface area contributed by atoms with Gasteiger partial charge in [0.15, 0.2) is 15.6 Å². The molecule has 0 radical (unpaired) electrons.